The maximum Gasteiger partial charge on any atom is 0.296 e. The number of amides is 1. The Bertz CT molecular complexity index is 2280. The van der Waals surface area contributed by atoms with Crippen LogP contribution in [-0.4, -0.2) is 30.1 Å². The Morgan fingerprint density at radius 2 is 1.64 bits per heavy atom. The van der Waals surface area contributed by atoms with Gasteiger partial charge in [0.2, 0.25) is 0 Å². The molecule has 0 radical (unpaired) electrons. The minimum Gasteiger partial charge on any atom is -0.348 e. The zero-order chi connectivity index (χ0) is 28.5. The number of carbonyl (C=O) groups is 1. The van der Waals surface area contributed by atoms with Crippen molar-refractivity contribution in [1.29, 1.82) is 0 Å². The summed E-state index contributed by atoms with van der Waals surface area (Å²) in [6, 6.07) is 23.1. The van der Waals surface area contributed by atoms with E-state index in [4.69, 9.17) is 8.92 Å². The molecule has 2 aromatic heterocycles. The normalized spacial score (nSPS) is 23.0. The van der Waals surface area contributed by atoms with Gasteiger partial charge in [0.25, 0.3) is 16.0 Å². The van der Waals surface area contributed by atoms with Gasteiger partial charge in [-0.15, -0.1) is 0 Å². The molecule has 1 fully saturated rings. The summed E-state index contributed by atoms with van der Waals surface area (Å²) in [4.78, 5) is 13.5. The minimum atomic E-state index is -3.97. The molecule has 6 aromatic rings. The average Bonchev–Trinajstić information content (AvgIpc) is 3.69. The lowest BCUT2D eigenvalue weighted by molar-refractivity contribution is -0.121. The molecule has 0 spiro atoms. The third-order valence-corrected chi connectivity index (χ3v) is 10.9. The van der Waals surface area contributed by atoms with Gasteiger partial charge in [-0.2, -0.15) is 8.42 Å². The number of fused-ring (bicyclic) bond motifs is 13. The van der Waals surface area contributed by atoms with Crippen LogP contribution in [0.2, 0.25) is 0 Å². The van der Waals surface area contributed by atoms with E-state index in [9.17, 15) is 13.2 Å². The van der Waals surface area contributed by atoms with Crippen molar-refractivity contribution in [3.63, 3.8) is 0 Å². The first-order chi connectivity index (χ1) is 20.3. The molecular weight excluding hydrogens is 550 g/mol. The smallest absolute Gasteiger partial charge is 0.296 e. The van der Waals surface area contributed by atoms with E-state index in [0.717, 1.165) is 60.3 Å². The molecule has 3 aliphatic rings. The summed E-state index contributed by atoms with van der Waals surface area (Å²) >= 11 is 0. The van der Waals surface area contributed by atoms with Crippen molar-refractivity contribution in [2.45, 2.75) is 43.7 Å². The molecule has 42 heavy (non-hydrogen) atoms. The third kappa shape index (κ3) is 2.93. The van der Waals surface area contributed by atoms with Crippen molar-refractivity contribution in [3.8, 4) is 0 Å². The lowest BCUT2D eigenvalue weighted by Crippen LogP contribution is -2.38. The summed E-state index contributed by atoms with van der Waals surface area (Å²) in [5.41, 5.74) is 5.76. The number of nitrogens with one attached hydrogen (secondary N) is 1. The lowest BCUT2D eigenvalue weighted by Gasteiger charge is -2.33. The van der Waals surface area contributed by atoms with Crippen LogP contribution in [0.25, 0.3) is 43.6 Å². The van der Waals surface area contributed by atoms with Crippen molar-refractivity contribution in [2.75, 3.05) is 6.61 Å². The molecule has 9 rings (SSSR count). The van der Waals surface area contributed by atoms with Crippen LogP contribution in [0.1, 0.15) is 41.1 Å². The Hall–Kier alpha value is -4.18. The second-order valence-corrected chi connectivity index (χ2v) is 13.4. The number of nitrogens with zero attached hydrogens (tertiary/aromatic N) is 2. The lowest BCUT2D eigenvalue weighted by atomic mass is 9.94. The summed E-state index contributed by atoms with van der Waals surface area (Å²) in [6.45, 7) is 4.39. The van der Waals surface area contributed by atoms with Crippen LogP contribution in [0.15, 0.2) is 77.7 Å². The molecule has 9 heteroatoms. The first-order valence-electron chi connectivity index (χ1n) is 14.2. The minimum absolute atomic E-state index is 0.0279. The Kier molecular flexibility index (Phi) is 4.65. The summed E-state index contributed by atoms with van der Waals surface area (Å²) < 4.78 is 43.8. The van der Waals surface area contributed by atoms with E-state index >= 15 is 0 Å². The molecule has 4 aromatic carbocycles. The van der Waals surface area contributed by atoms with E-state index in [1.165, 1.54) is 0 Å². The summed E-state index contributed by atoms with van der Waals surface area (Å²) in [5, 5.41) is 7.13. The van der Waals surface area contributed by atoms with E-state index in [0.29, 0.717) is 13.0 Å². The van der Waals surface area contributed by atoms with Crippen LogP contribution in [0, 0.1) is 12.8 Å². The molecule has 3 aliphatic heterocycles. The second-order valence-electron chi connectivity index (χ2n) is 11.8. The number of hydrogen-bond donors (Lipinski definition) is 1. The highest BCUT2D eigenvalue weighted by Crippen LogP contribution is 2.56. The molecule has 0 aliphatic carbocycles. The fraction of sp³-hybridized carbons (Fsp3) is 0.242. The second kappa shape index (κ2) is 8.01. The predicted octanol–water partition coefficient (Wildman–Crippen LogP) is 6.08. The van der Waals surface area contributed by atoms with E-state index in [-0.39, 0.29) is 29.6 Å². The van der Waals surface area contributed by atoms with Crippen molar-refractivity contribution < 1.29 is 22.1 Å². The predicted molar refractivity (Wildman–Crippen MR) is 160 cm³/mol. The van der Waals surface area contributed by atoms with Crippen LogP contribution in [-0.2, 0) is 31.3 Å². The van der Waals surface area contributed by atoms with Gasteiger partial charge in [-0.05, 0) is 43.7 Å². The maximum atomic E-state index is 13.4. The molecule has 3 atom stereocenters. The van der Waals surface area contributed by atoms with Gasteiger partial charge in [-0.3, -0.25) is 8.98 Å². The molecule has 0 saturated carbocycles. The monoisotopic (exact) mass is 577 g/mol. The van der Waals surface area contributed by atoms with Crippen molar-refractivity contribution in [1.82, 2.24) is 14.5 Å². The Labute approximate surface area is 241 Å². The molecular formula is C33H27N3O5S. The topological polar surface area (TPSA) is 91.6 Å². The molecule has 1 unspecified atom stereocenters. The van der Waals surface area contributed by atoms with Gasteiger partial charge >= 0.3 is 0 Å². The van der Waals surface area contributed by atoms with Gasteiger partial charge in [0.1, 0.15) is 6.23 Å². The third-order valence-electron chi connectivity index (χ3n) is 9.60. The van der Waals surface area contributed by atoms with Crippen LogP contribution >= 0.6 is 0 Å². The average molecular weight is 578 g/mol. The summed E-state index contributed by atoms with van der Waals surface area (Å²) in [6.07, 6.45) is 0.169. The standard InChI is InChI=1S/C33H27N3O5S/c1-18-11-13-20(14-12-18)42(38,39)40-17-19-15-26-35-24-9-5-3-7-21(24)28-29-23(16-34-32(29)37)27-22-8-4-6-10-25(22)36(31(27)30(28)35)33(19,2)41-26/h3-14,19,26H,15-17H2,1-2H3,(H,34,37)/t19-,26?,33-/m0/s1. The van der Waals surface area contributed by atoms with Gasteiger partial charge in [0, 0.05) is 40.4 Å². The van der Waals surface area contributed by atoms with E-state index in [1.807, 2.05) is 38.1 Å². The fourth-order valence-corrected chi connectivity index (χ4v) is 8.63. The van der Waals surface area contributed by atoms with Gasteiger partial charge < -0.3 is 19.2 Å². The number of aryl methyl sites for hydroxylation is 1. The summed E-state index contributed by atoms with van der Waals surface area (Å²) in [7, 11) is -3.97. The highest BCUT2D eigenvalue weighted by atomic mass is 32.2. The van der Waals surface area contributed by atoms with Gasteiger partial charge in [0.15, 0.2) is 5.72 Å². The van der Waals surface area contributed by atoms with E-state index < -0.39 is 15.8 Å². The zero-order valence-corrected chi connectivity index (χ0v) is 23.9. The van der Waals surface area contributed by atoms with Gasteiger partial charge in [-0.1, -0.05) is 54.1 Å². The molecule has 5 heterocycles. The van der Waals surface area contributed by atoms with Crippen molar-refractivity contribution >= 4 is 59.6 Å². The fourth-order valence-electron chi connectivity index (χ4n) is 7.68. The molecule has 210 valence electrons. The van der Waals surface area contributed by atoms with E-state index in [1.54, 1.807) is 24.3 Å². The highest BCUT2D eigenvalue weighted by molar-refractivity contribution is 7.86. The number of hydrogen-bond acceptors (Lipinski definition) is 5. The molecule has 1 N–H and O–H groups in total. The van der Waals surface area contributed by atoms with Crippen LogP contribution in [0.5, 0.6) is 0 Å². The number of benzene rings is 4. The highest BCUT2D eigenvalue weighted by Gasteiger charge is 2.52. The van der Waals surface area contributed by atoms with Crippen LogP contribution in [0.4, 0.5) is 0 Å². The van der Waals surface area contributed by atoms with Gasteiger partial charge in [0.05, 0.1) is 39.1 Å². The Morgan fingerprint density at radius 1 is 0.952 bits per heavy atom. The van der Waals surface area contributed by atoms with Crippen molar-refractivity contribution in [2.24, 2.45) is 5.92 Å². The van der Waals surface area contributed by atoms with Crippen LogP contribution < -0.4 is 5.32 Å². The Balaban J connectivity index is 1.33. The quantitative estimate of drug-likeness (QED) is 0.257. The number of rotatable bonds is 4. The molecule has 2 bridgehead atoms. The van der Waals surface area contributed by atoms with E-state index in [2.05, 4.69) is 38.7 Å². The zero-order valence-electron chi connectivity index (χ0n) is 23.0. The largest absolute Gasteiger partial charge is 0.348 e. The van der Waals surface area contributed by atoms with Crippen molar-refractivity contribution in [3.05, 3.63) is 89.5 Å². The Morgan fingerprint density at radius 3 is 2.40 bits per heavy atom. The first kappa shape index (κ1) is 24.4. The molecule has 8 nitrogen and oxygen atoms in total. The summed E-state index contributed by atoms with van der Waals surface area (Å²) in [5.74, 6) is -0.333. The number of para-hydroxylation sites is 2. The first-order valence-corrected chi connectivity index (χ1v) is 15.6. The number of carbonyl (C=O) groups excluding carboxylic acids is 1. The molecule has 1 amide bonds. The van der Waals surface area contributed by atoms with Crippen LogP contribution in [0.3, 0.4) is 0 Å². The number of aromatic nitrogens is 2. The maximum absolute atomic E-state index is 13.4. The SMILES string of the molecule is Cc1ccc(S(=O)(=O)OC[C@@H]2CC3O[C@]2(C)n2c4ccccc4c4c5c(c6c7ccccc7n3c6c42)C(=O)NC5)cc1. The molecule has 1 saturated heterocycles. The van der Waals surface area contributed by atoms with Gasteiger partial charge in [-0.25, -0.2) is 0 Å². The number of ether oxygens (including phenoxy) is 1.